The molecule has 0 radical (unpaired) electrons. The lowest BCUT2D eigenvalue weighted by Gasteiger charge is -2.27. The van der Waals surface area contributed by atoms with Crippen LogP contribution in [0.1, 0.15) is 42.2 Å². The molecular formula is C30H26ClF4N5O3S. The van der Waals surface area contributed by atoms with Crippen LogP contribution in [0, 0.1) is 12.7 Å². The first-order chi connectivity index (χ1) is 20.5. The predicted octanol–water partition coefficient (Wildman–Crippen LogP) is 6.46. The van der Waals surface area contributed by atoms with E-state index in [0.29, 0.717) is 16.3 Å². The number of aliphatic hydroxyl groups is 1. The van der Waals surface area contributed by atoms with Crippen molar-refractivity contribution >= 4 is 21.4 Å². The van der Waals surface area contributed by atoms with Crippen LogP contribution in [-0.2, 0) is 28.0 Å². The molecule has 230 valence electrons. The fourth-order valence-corrected chi connectivity index (χ4v) is 6.12. The van der Waals surface area contributed by atoms with Crippen LogP contribution >= 0.6 is 11.6 Å². The lowest BCUT2D eigenvalue weighted by molar-refractivity contribution is -0.141. The van der Waals surface area contributed by atoms with E-state index >= 15 is 4.39 Å². The Morgan fingerprint density at radius 2 is 1.66 bits per heavy atom. The minimum atomic E-state index is -4.70. The molecule has 1 N–H and O–H groups in total. The molecule has 44 heavy (non-hydrogen) atoms. The van der Waals surface area contributed by atoms with E-state index in [1.807, 2.05) is 26.0 Å². The average molecular weight is 648 g/mol. The van der Waals surface area contributed by atoms with E-state index in [9.17, 15) is 26.7 Å². The Kier molecular flexibility index (Phi) is 7.93. The molecule has 0 spiro atoms. The fourth-order valence-electron chi connectivity index (χ4n) is 5.05. The van der Waals surface area contributed by atoms with E-state index in [4.69, 9.17) is 11.6 Å². The normalized spacial score (nSPS) is 12.6. The van der Waals surface area contributed by atoms with E-state index < -0.39 is 39.5 Å². The SMILES string of the molecule is Cc1nc(C(F)(F)F)cn1-c1ccc(-c2cc(F)c(CO)c(S(C)(=O)=O)c2)cc1-n1nncc1C(C)(C)c1ccc(Cl)cc1. The summed E-state index contributed by atoms with van der Waals surface area (Å²) in [5.41, 5.74) is 0.214. The van der Waals surface area contributed by atoms with Gasteiger partial charge >= 0.3 is 6.18 Å². The second-order valence-corrected chi connectivity index (χ2v) is 13.2. The van der Waals surface area contributed by atoms with Crippen molar-refractivity contribution in [1.82, 2.24) is 24.5 Å². The highest BCUT2D eigenvalue weighted by molar-refractivity contribution is 7.90. The molecule has 0 saturated carbocycles. The molecule has 0 aliphatic rings. The molecule has 0 unspecified atom stereocenters. The number of hydrogen-bond donors (Lipinski definition) is 1. The lowest BCUT2D eigenvalue weighted by Crippen LogP contribution is -2.23. The Labute approximate surface area is 255 Å². The zero-order valence-corrected chi connectivity index (χ0v) is 25.4. The molecule has 2 aromatic heterocycles. The molecule has 2 heterocycles. The third-order valence-corrected chi connectivity index (χ3v) is 8.85. The molecule has 0 bridgehead atoms. The minimum Gasteiger partial charge on any atom is -0.392 e. The molecule has 3 aromatic carbocycles. The maximum absolute atomic E-state index is 15.1. The van der Waals surface area contributed by atoms with Gasteiger partial charge in [0.15, 0.2) is 15.5 Å². The summed E-state index contributed by atoms with van der Waals surface area (Å²) in [6.07, 6.45) is -1.39. The van der Waals surface area contributed by atoms with Crippen LogP contribution in [-0.4, -0.2) is 44.3 Å². The Balaban J connectivity index is 1.78. The highest BCUT2D eigenvalue weighted by Crippen LogP contribution is 2.37. The minimum absolute atomic E-state index is 0.0441. The molecule has 14 heteroatoms. The molecular weight excluding hydrogens is 622 g/mol. The number of aryl methyl sites for hydroxylation is 1. The van der Waals surface area contributed by atoms with E-state index in [2.05, 4.69) is 15.3 Å². The number of benzene rings is 3. The average Bonchev–Trinajstić information content (AvgIpc) is 3.60. The molecule has 0 aliphatic heterocycles. The van der Waals surface area contributed by atoms with E-state index in [-0.39, 0.29) is 33.2 Å². The molecule has 5 aromatic rings. The Morgan fingerprint density at radius 1 is 0.977 bits per heavy atom. The number of aliphatic hydroxyl groups excluding tert-OH is 1. The lowest BCUT2D eigenvalue weighted by atomic mass is 9.81. The van der Waals surface area contributed by atoms with E-state index in [0.717, 1.165) is 24.1 Å². The van der Waals surface area contributed by atoms with Gasteiger partial charge in [-0.25, -0.2) is 22.5 Å². The zero-order valence-electron chi connectivity index (χ0n) is 23.9. The summed E-state index contributed by atoms with van der Waals surface area (Å²) in [5, 5.41) is 18.6. The third-order valence-electron chi connectivity index (χ3n) is 7.44. The van der Waals surface area contributed by atoms with Gasteiger partial charge in [-0.2, -0.15) is 13.2 Å². The molecule has 0 atom stereocenters. The maximum Gasteiger partial charge on any atom is 0.434 e. The van der Waals surface area contributed by atoms with Crippen molar-refractivity contribution in [3.8, 4) is 22.5 Å². The first-order valence-electron chi connectivity index (χ1n) is 13.1. The van der Waals surface area contributed by atoms with Crippen LogP contribution in [0.15, 0.2) is 71.9 Å². The van der Waals surface area contributed by atoms with Gasteiger partial charge in [0, 0.05) is 28.5 Å². The second kappa shape index (κ2) is 11.1. The molecule has 5 rings (SSSR count). The number of sulfone groups is 1. The molecule has 8 nitrogen and oxygen atoms in total. The molecule has 0 saturated heterocycles. The predicted molar refractivity (Wildman–Crippen MR) is 156 cm³/mol. The number of rotatable bonds is 7. The highest BCUT2D eigenvalue weighted by atomic mass is 35.5. The van der Waals surface area contributed by atoms with Gasteiger partial charge in [-0.1, -0.05) is 48.9 Å². The summed E-state index contributed by atoms with van der Waals surface area (Å²) >= 11 is 6.10. The number of halogens is 5. The van der Waals surface area contributed by atoms with Crippen LogP contribution in [0.25, 0.3) is 22.5 Å². The zero-order chi connectivity index (χ0) is 32.2. The number of alkyl halides is 3. The summed E-state index contributed by atoms with van der Waals surface area (Å²) in [5.74, 6) is -0.885. The van der Waals surface area contributed by atoms with Crippen LogP contribution in [0.5, 0.6) is 0 Å². The number of imidazole rings is 1. The van der Waals surface area contributed by atoms with Gasteiger partial charge in [0.2, 0.25) is 0 Å². The first-order valence-corrected chi connectivity index (χ1v) is 15.4. The van der Waals surface area contributed by atoms with Crippen molar-refractivity contribution in [3.63, 3.8) is 0 Å². The van der Waals surface area contributed by atoms with Gasteiger partial charge in [0.05, 0.1) is 34.8 Å². The summed E-state index contributed by atoms with van der Waals surface area (Å²) in [6.45, 7) is 4.43. The van der Waals surface area contributed by atoms with Gasteiger partial charge in [-0.15, -0.1) is 5.10 Å². The van der Waals surface area contributed by atoms with Gasteiger partial charge < -0.3 is 9.67 Å². The molecule has 0 amide bonds. The monoisotopic (exact) mass is 647 g/mol. The van der Waals surface area contributed by atoms with Gasteiger partial charge in [-0.3, -0.25) is 0 Å². The van der Waals surface area contributed by atoms with Crippen molar-refractivity contribution in [3.05, 3.63) is 106 Å². The fraction of sp³-hybridized carbons (Fsp3) is 0.233. The first kappa shape index (κ1) is 31.4. The van der Waals surface area contributed by atoms with Gasteiger partial charge in [0.25, 0.3) is 0 Å². The second-order valence-electron chi connectivity index (χ2n) is 10.8. The number of aromatic nitrogens is 5. The topological polar surface area (TPSA) is 103 Å². The molecule has 0 aliphatic carbocycles. The summed E-state index contributed by atoms with van der Waals surface area (Å²) in [6, 6.07) is 14.1. The van der Waals surface area contributed by atoms with Crippen molar-refractivity contribution in [2.45, 2.75) is 43.9 Å². The van der Waals surface area contributed by atoms with Crippen molar-refractivity contribution in [1.29, 1.82) is 0 Å². The van der Waals surface area contributed by atoms with Crippen LogP contribution in [0.2, 0.25) is 5.02 Å². The Morgan fingerprint density at radius 3 is 2.25 bits per heavy atom. The van der Waals surface area contributed by atoms with Gasteiger partial charge in [0.1, 0.15) is 11.6 Å². The maximum atomic E-state index is 15.1. The van der Waals surface area contributed by atoms with Crippen molar-refractivity contribution in [2.75, 3.05) is 6.26 Å². The quantitative estimate of drug-likeness (QED) is 0.203. The van der Waals surface area contributed by atoms with Crippen LogP contribution in [0.4, 0.5) is 17.6 Å². The summed E-state index contributed by atoms with van der Waals surface area (Å²) in [7, 11) is -3.94. The van der Waals surface area contributed by atoms with Crippen molar-refractivity contribution in [2.24, 2.45) is 0 Å². The smallest absolute Gasteiger partial charge is 0.392 e. The van der Waals surface area contributed by atoms with Crippen LogP contribution in [0.3, 0.4) is 0 Å². The Hall–Kier alpha value is -4.07. The molecule has 0 fully saturated rings. The van der Waals surface area contributed by atoms with Gasteiger partial charge in [-0.05, 0) is 60.0 Å². The number of hydrogen-bond acceptors (Lipinski definition) is 6. The van der Waals surface area contributed by atoms with Crippen LogP contribution < -0.4 is 0 Å². The summed E-state index contributed by atoms with van der Waals surface area (Å²) in [4.78, 5) is 3.31. The largest absolute Gasteiger partial charge is 0.434 e. The number of nitrogens with zero attached hydrogens (tertiary/aromatic N) is 5. The van der Waals surface area contributed by atoms with E-state index in [1.54, 1.807) is 18.2 Å². The van der Waals surface area contributed by atoms with Crippen molar-refractivity contribution < 1.29 is 31.1 Å². The van der Waals surface area contributed by atoms with E-state index in [1.165, 1.54) is 40.6 Å². The Bertz CT molecular complexity index is 1980. The standard InChI is InChI=1S/C30H26ClF4N5O3S/c1-17-37-27(30(33,34)35)15-39(17)24-10-5-18(19-11-23(32)22(16-41)26(13-19)44(4,42)43)12-25(24)40-28(14-36-38-40)29(2,3)20-6-8-21(31)9-7-20/h5-15,41H,16H2,1-4H3. The summed E-state index contributed by atoms with van der Waals surface area (Å²) < 4.78 is 83.6. The third kappa shape index (κ3) is 5.74. The highest BCUT2D eigenvalue weighted by Gasteiger charge is 2.35.